The van der Waals surface area contributed by atoms with Gasteiger partial charge in [-0.2, -0.15) is 0 Å². The number of alkyl halides is 1. The number of nitrogens with two attached hydrogens (primary N) is 1. The summed E-state index contributed by atoms with van der Waals surface area (Å²) in [6.07, 6.45) is 3.03. The Kier molecular flexibility index (Phi) is 10.1. The molecule has 49 heavy (non-hydrogen) atoms. The zero-order valence-corrected chi connectivity index (χ0v) is 27.6. The van der Waals surface area contributed by atoms with Gasteiger partial charge < -0.3 is 20.5 Å². The SMILES string of the molecule is CC[C@@H]1[C@H](F)C(=O)N[C@@H]1COc1ncc(C#CC2CCN(Cc3ccccc3C3CCC(=O)NC3=O)CC2)c2cc(C(N)=O)c(OC)cc12. The maximum Gasteiger partial charge on any atom is 0.255 e. The van der Waals surface area contributed by atoms with Crippen LogP contribution in [-0.2, 0) is 20.9 Å². The van der Waals surface area contributed by atoms with Gasteiger partial charge in [-0.3, -0.25) is 29.4 Å². The number of ether oxygens (including phenoxy) is 2. The topological polar surface area (TPSA) is 153 Å². The van der Waals surface area contributed by atoms with Gasteiger partial charge in [-0.25, -0.2) is 9.37 Å². The number of methoxy groups -OCH3 is 1. The van der Waals surface area contributed by atoms with Crippen LogP contribution in [0.2, 0.25) is 0 Å². The highest BCUT2D eigenvalue weighted by Crippen LogP contribution is 2.34. The first-order valence-corrected chi connectivity index (χ1v) is 16.7. The minimum atomic E-state index is -1.58. The Morgan fingerprint density at radius 2 is 1.88 bits per heavy atom. The molecule has 1 unspecified atom stereocenters. The number of carbonyl (C=O) groups is 4. The summed E-state index contributed by atoms with van der Waals surface area (Å²) < 4.78 is 25.9. The van der Waals surface area contributed by atoms with Crippen LogP contribution in [0.3, 0.4) is 0 Å². The zero-order valence-electron chi connectivity index (χ0n) is 27.6. The van der Waals surface area contributed by atoms with Crippen LogP contribution in [0.25, 0.3) is 10.8 Å². The number of benzene rings is 2. The van der Waals surface area contributed by atoms with Gasteiger partial charge in [0.2, 0.25) is 17.7 Å². The van der Waals surface area contributed by atoms with Crippen molar-refractivity contribution in [2.45, 2.75) is 63.7 Å². The number of nitrogens with one attached hydrogen (secondary N) is 2. The van der Waals surface area contributed by atoms with E-state index in [1.807, 2.05) is 25.1 Å². The molecule has 3 aliphatic heterocycles. The predicted octanol–water partition coefficient (Wildman–Crippen LogP) is 3.37. The van der Waals surface area contributed by atoms with Crippen LogP contribution < -0.4 is 25.8 Å². The standard InChI is InChI=1S/C37H40FN5O6/c1-3-24-30(41-36(47)33(24)38)20-49-37-28-17-31(48-2)29(34(39)45)16-27(28)22(18-40-37)9-8-21-12-14-43(15-13-21)19-23-6-4-5-7-25(23)26-10-11-32(44)42-35(26)46/h4-7,16-18,21,24,26,30,33H,3,10-15,19-20H2,1-2H3,(H2,39,45)(H,41,47)(H,42,44,46)/t24-,26?,30+,33-/m0/s1. The Labute approximate surface area is 284 Å². The number of fused-ring (bicyclic) bond motifs is 1. The fourth-order valence-corrected chi connectivity index (χ4v) is 7.08. The molecule has 3 saturated heterocycles. The summed E-state index contributed by atoms with van der Waals surface area (Å²) in [7, 11) is 1.44. The molecule has 0 aliphatic carbocycles. The highest BCUT2D eigenvalue weighted by atomic mass is 19.1. The molecule has 0 radical (unpaired) electrons. The van der Waals surface area contributed by atoms with Gasteiger partial charge in [0.25, 0.3) is 11.8 Å². The molecule has 256 valence electrons. The van der Waals surface area contributed by atoms with Crippen molar-refractivity contribution in [3.63, 3.8) is 0 Å². The van der Waals surface area contributed by atoms with E-state index in [1.165, 1.54) is 7.11 Å². The van der Waals surface area contributed by atoms with E-state index in [4.69, 9.17) is 15.2 Å². The molecule has 4 N–H and O–H groups in total. The lowest BCUT2D eigenvalue weighted by atomic mass is 9.87. The van der Waals surface area contributed by atoms with Crippen molar-refractivity contribution in [1.82, 2.24) is 20.5 Å². The lowest BCUT2D eigenvalue weighted by molar-refractivity contribution is -0.134. The van der Waals surface area contributed by atoms with Gasteiger partial charge in [-0.15, -0.1) is 0 Å². The van der Waals surface area contributed by atoms with E-state index in [-0.39, 0.29) is 47.5 Å². The van der Waals surface area contributed by atoms with Crippen LogP contribution in [0.4, 0.5) is 4.39 Å². The first-order valence-electron chi connectivity index (χ1n) is 16.7. The monoisotopic (exact) mass is 669 g/mol. The van der Waals surface area contributed by atoms with E-state index >= 15 is 0 Å². The number of pyridine rings is 1. The largest absolute Gasteiger partial charge is 0.496 e. The Bertz CT molecular complexity index is 1850. The number of hydrogen-bond donors (Lipinski definition) is 3. The molecule has 4 heterocycles. The number of likely N-dealkylation sites (tertiary alicyclic amines) is 1. The fourth-order valence-electron chi connectivity index (χ4n) is 7.08. The van der Waals surface area contributed by atoms with Gasteiger partial charge in [0.05, 0.1) is 30.2 Å². The van der Waals surface area contributed by atoms with E-state index in [9.17, 15) is 23.6 Å². The van der Waals surface area contributed by atoms with E-state index in [2.05, 4.69) is 38.4 Å². The minimum absolute atomic E-state index is 0.0221. The smallest absolute Gasteiger partial charge is 0.255 e. The van der Waals surface area contributed by atoms with Crippen molar-refractivity contribution in [2.24, 2.45) is 17.6 Å². The minimum Gasteiger partial charge on any atom is -0.496 e. The van der Waals surface area contributed by atoms with Gasteiger partial charge in [-0.05, 0) is 62.0 Å². The van der Waals surface area contributed by atoms with E-state index < -0.39 is 29.9 Å². The molecule has 3 aliphatic rings. The van der Waals surface area contributed by atoms with Crippen LogP contribution >= 0.6 is 0 Å². The lowest BCUT2D eigenvalue weighted by Gasteiger charge is -2.31. The third-order valence-corrected chi connectivity index (χ3v) is 9.84. The molecule has 0 saturated carbocycles. The number of imide groups is 1. The maximum absolute atomic E-state index is 14.4. The van der Waals surface area contributed by atoms with Crippen LogP contribution in [0.15, 0.2) is 42.6 Å². The average Bonchev–Trinajstić information content (AvgIpc) is 3.38. The lowest BCUT2D eigenvalue weighted by Crippen LogP contribution is -2.40. The van der Waals surface area contributed by atoms with Crippen molar-refractivity contribution < 1.29 is 33.0 Å². The number of primary amides is 1. The Morgan fingerprint density at radius 3 is 2.59 bits per heavy atom. The third kappa shape index (κ3) is 7.22. The summed E-state index contributed by atoms with van der Waals surface area (Å²) in [5, 5.41) is 6.30. The molecular weight excluding hydrogens is 629 g/mol. The Balaban J connectivity index is 1.18. The van der Waals surface area contributed by atoms with Crippen LogP contribution in [0, 0.1) is 23.7 Å². The molecular formula is C37H40FN5O6. The van der Waals surface area contributed by atoms with Gasteiger partial charge in [-0.1, -0.05) is 43.0 Å². The van der Waals surface area contributed by atoms with Gasteiger partial charge in [0.15, 0.2) is 6.17 Å². The first kappa shape index (κ1) is 33.9. The molecule has 4 atom stereocenters. The summed E-state index contributed by atoms with van der Waals surface area (Å²) in [6, 6.07) is 10.7. The van der Waals surface area contributed by atoms with Crippen molar-refractivity contribution in [3.8, 4) is 23.5 Å². The number of halogens is 1. The summed E-state index contributed by atoms with van der Waals surface area (Å²) in [6.45, 7) is 4.21. The number of hydrogen-bond acceptors (Lipinski definition) is 8. The summed E-state index contributed by atoms with van der Waals surface area (Å²) >= 11 is 0. The van der Waals surface area contributed by atoms with Gasteiger partial charge in [0, 0.05) is 41.8 Å². The number of nitrogens with zero attached hydrogens (tertiary/aromatic N) is 2. The van der Waals surface area contributed by atoms with Crippen molar-refractivity contribution in [2.75, 3.05) is 26.8 Å². The Hall–Kier alpha value is -5.02. The molecule has 0 spiro atoms. The quantitative estimate of drug-likeness (QED) is 0.232. The third-order valence-electron chi connectivity index (χ3n) is 9.84. The Morgan fingerprint density at radius 1 is 1.10 bits per heavy atom. The van der Waals surface area contributed by atoms with E-state index in [0.29, 0.717) is 42.1 Å². The van der Waals surface area contributed by atoms with Crippen LogP contribution in [-0.4, -0.2) is 72.5 Å². The van der Waals surface area contributed by atoms with Gasteiger partial charge in [0.1, 0.15) is 12.4 Å². The van der Waals surface area contributed by atoms with Crippen molar-refractivity contribution in [1.29, 1.82) is 0 Å². The molecule has 4 amide bonds. The normalized spacial score (nSPS) is 23.0. The number of piperidine rings is 2. The van der Waals surface area contributed by atoms with Crippen molar-refractivity contribution >= 4 is 34.4 Å². The molecule has 11 nitrogen and oxygen atoms in total. The van der Waals surface area contributed by atoms with Crippen LogP contribution in [0.5, 0.6) is 11.6 Å². The molecule has 3 aromatic rings. The second kappa shape index (κ2) is 14.6. The molecule has 1 aromatic heterocycles. The van der Waals surface area contributed by atoms with E-state index in [1.54, 1.807) is 18.3 Å². The first-order chi connectivity index (χ1) is 23.7. The number of aromatic nitrogens is 1. The maximum atomic E-state index is 14.4. The summed E-state index contributed by atoms with van der Waals surface area (Å²) in [5.41, 5.74) is 8.52. The zero-order chi connectivity index (χ0) is 34.7. The highest BCUT2D eigenvalue weighted by Gasteiger charge is 2.42. The molecule has 3 fully saturated rings. The summed E-state index contributed by atoms with van der Waals surface area (Å²) in [4.78, 5) is 55.4. The molecule has 6 rings (SSSR count). The van der Waals surface area contributed by atoms with Crippen molar-refractivity contribution in [3.05, 3.63) is 64.8 Å². The molecule has 0 bridgehead atoms. The molecule has 12 heteroatoms. The highest BCUT2D eigenvalue weighted by molar-refractivity contribution is 6.03. The fraction of sp³-hybridized carbons (Fsp3) is 0.432. The average molecular weight is 670 g/mol. The second-order valence-electron chi connectivity index (χ2n) is 12.9. The summed E-state index contributed by atoms with van der Waals surface area (Å²) in [5.74, 6) is 4.73. The molecule has 2 aromatic carbocycles. The van der Waals surface area contributed by atoms with Gasteiger partial charge >= 0.3 is 0 Å². The number of carbonyl (C=O) groups excluding carboxylic acids is 4. The predicted molar refractivity (Wildman–Crippen MR) is 179 cm³/mol. The number of amides is 4. The second-order valence-corrected chi connectivity index (χ2v) is 12.9. The van der Waals surface area contributed by atoms with Crippen LogP contribution in [0.1, 0.15) is 72.0 Å². The van der Waals surface area contributed by atoms with E-state index in [0.717, 1.165) is 37.1 Å². The number of rotatable bonds is 9.